The largest absolute Gasteiger partial charge is 0.497 e. The highest BCUT2D eigenvalue weighted by atomic mass is 16.7. The van der Waals surface area contributed by atoms with Crippen LogP contribution in [-0.2, 0) is 15.1 Å². The maximum absolute atomic E-state index is 11.9. The highest BCUT2D eigenvalue weighted by Gasteiger charge is 2.54. The molecule has 1 N–H and O–H groups in total. The molecule has 1 aliphatic heterocycles. The Morgan fingerprint density at radius 2 is 1.92 bits per heavy atom. The van der Waals surface area contributed by atoms with Gasteiger partial charge >= 0.3 is 0 Å². The third-order valence-electron chi connectivity index (χ3n) is 5.69. The van der Waals surface area contributed by atoms with Crippen molar-refractivity contribution in [3.05, 3.63) is 29.8 Å². The number of benzene rings is 1. The molecular formula is C21H33NO4. The molecule has 146 valence electrons. The molecule has 3 rings (SSSR count). The van der Waals surface area contributed by atoms with Gasteiger partial charge in [-0.1, -0.05) is 26.0 Å². The Morgan fingerprint density at radius 3 is 2.54 bits per heavy atom. The number of nitrogens with zero attached hydrogens (tertiary/aromatic N) is 1. The van der Waals surface area contributed by atoms with Gasteiger partial charge in [0.2, 0.25) is 0 Å². The fourth-order valence-corrected chi connectivity index (χ4v) is 4.17. The van der Waals surface area contributed by atoms with Crippen LogP contribution in [0.3, 0.4) is 0 Å². The summed E-state index contributed by atoms with van der Waals surface area (Å²) in [5.74, 6) is 0.166. The summed E-state index contributed by atoms with van der Waals surface area (Å²) in [5, 5.41) is 11.9. The van der Waals surface area contributed by atoms with Crippen LogP contribution in [-0.4, -0.2) is 56.8 Å². The van der Waals surface area contributed by atoms with E-state index in [-0.39, 0.29) is 11.3 Å². The van der Waals surface area contributed by atoms with E-state index in [1.54, 1.807) is 7.11 Å². The molecule has 0 aromatic heterocycles. The summed E-state index contributed by atoms with van der Waals surface area (Å²) in [6, 6.07) is 7.76. The number of ether oxygens (including phenoxy) is 3. The van der Waals surface area contributed by atoms with Crippen LogP contribution in [0.2, 0.25) is 0 Å². The van der Waals surface area contributed by atoms with Gasteiger partial charge in [0.05, 0.1) is 25.9 Å². The first-order valence-electron chi connectivity index (χ1n) is 9.48. The summed E-state index contributed by atoms with van der Waals surface area (Å²) < 4.78 is 17.8. The van der Waals surface area contributed by atoms with Gasteiger partial charge in [-0.3, -0.25) is 0 Å². The number of hydrogen-bond donors (Lipinski definition) is 1. The van der Waals surface area contributed by atoms with Crippen LogP contribution in [0, 0.1) is 11.3 Å². The van der Waals surface area contributed by atoms with Crippen LogP contribution >= 0.6 is 0 Å². The molecule has 1 aromatic rings. The second-order valence-corrected chi connectivity index (χ2v) is 8.98. The lowest BCUT2D eigenvalue weighted by atomic mass is 9.68. The summed E-state index contributed by atoms with van der Waals surface area (Å²) in [5.41, 5.74) is -0.127. The van der Waals surface area contributed by atoms with Crippen molar-refractivity contribution in [1.29, 1.82) is 0 Å². The van der Waals surface area contributed by atoms with Crippen molar-refractivity contribution in [3.63, 3.8) is 0 Å². The Hall–Kier alpha value is -1.14. The third kappa shape index (κ3) is 3.91. The lowest BCUT2D eigenvalue weighted by molar-refractivity contribution is -0.336. The van der Waals surface area contributed by atoms with Crippen LogP contribution < -0.4 is 4.74 Å². The lowest BCUT2D eigenvalue weighted by Gasteiger charge is -2.53. The lowest BCUT2D eigenvalue weighted by Crippen LogP contribution is -2.57. The van der Waals surface area contributed by atoms with Crippen LogP contribution in [0.1, 0.15) is 38.7 Å². The quantitative estimate of drug-likeness (QED) is 0.891. The van der Waals surface area contributed by atoms with Gasteiger partial charge in [0, 0.05) is 30.7 Å². The highest BCUT2D eigenvalue weighted by Crippen LogP contribution is 2.50. The number of aliphatic hydroxyl groups is 1. The minimum absolute atomic E-state index is 0.0137. The molecule has 1 spiro atoms. The first kappa shape index (κ1) is 19.6. The molecule has 1 heterocycles. The van der Waals surface area contributed by atoms with Crippen molar-refractivity contribution in [1.82, 2.24) is 4.90 Å². The average Bonchev–Trinajstić information content (AvgIpc) is 2.60. The standard InChI is InChI=1S/C21H33NO4/c1-19(2)14-25-20(26-15-19)10-9-17(12-22(3)4)21(23,13-20)16-7-6-8-18(11-16)24-5/h6-8,11,17,23H,9-10,12-15H2,1-5H3. The minimum Gasteiger partial charge on any atom is -0.497 e. The smallest absolute Gasteiger partial charge is 0.171 e. The Bertz CT molecular complexity index is 620. The van der Waals surface area contributed by atoms with Gasteiger partial charge in [-0.2, -0.15) is 0 Å². The Labute approximate surface area is 157 Å². The maximum Gasteiger partial charge on any atom is 0.171 e. The van der Waals surface area contributed by atoms with Crippen molar-refractivity contribution in [3.8, 4) is 5.75 Å². The van der Waals surface area contributed by atoms with E-state index >= 15 is 0 Å². The van der Waals surface area contributed by atoms with E-state index in [9.17, 15) is 5.11 Å². The second kappa shape index (κ2) is 7.12. The highest BCUT2D eigenvalue weighted by molar-refractivity contribution is 5.34. The molecular weight excluding hydrogens is 330 g/mol. The predicted octanol–water partition coefficient (Wildman–Crippen LogP) is 3.01. The van der Waals surface area contributed by atoms with E-state index in [1.807, 2.05) is 38.4 Å². The molecule has 1 saturated carbocycles. The van der Waals surface area contributed by atoms with Gasteiger partial charge in [-0.05, 0) is 38.2 Å². The van der Waals surface area contributed by atoms with Crippen LogP contribution in [0.15, 0.2) is 24.3 Å². The molecule has 2 unspecified atom stereocenters. The molecule has 1 aliphatic carbocycles. The molecule has 0 bridgehead atoms. The fraction of sp³-hybridized carbons (Fsp3) is 0.714. The van der Waals surface area contributed by atoms with Crippen molar-refractivity contribution < 1.29 is 19.3 Å². The van der Waals surface area contributed by atoms with Crippen molar-refractivity contribution in [2.75, 3.05) is 41.0 Å². The zero-order valence-corrected chi connectivity index (χ0v) is 16.7. The van der Waals surface area contributed by atoms with Gasteiger partial charge in [-0.25, -0.2) is 0 Å². The molecule has 2 fully saturated rings. The SMILES string of the molecule is COc1cccc(C2(O)CC3(CCC2CN(C)C)OCC(C)(C)CO3)c1. The normalized spacial score (nSPS) is 30.5. The van der Waals surface area contributed by atoms with Crippen LogP contribution in [0.25, 0.3) is 0 Å². The first-order valence-corrected chi connectivity index (χ1v) is 9.48. The second-order valence-electron chi connectivity index (χ2n) is 8.98. The first-order chi connectivity index (χ1) is 12.2. The van der Waals surface area contributed by atoms with E-state index < -0.39 is 11.4 Å². The van der Waals surface area contributed by atoms with E-state index in [0.717, 1.165) is 30.7 Å². The molecule has 5 nitrogen and oxygen atoms in total. The van der Waals surface area contributed by atoms with Gasteiger partial charge in [0.1, 0.15) is 5.75 Å². The molecule has 5 heteroatoms. The van der Waals surface area contributed by atoms with E-state index in [1.165, 1.54) is 0 Å². The van der Waals surface area contributed by atoms with E-state index in [4.69, 9.17) is 14.2 Å². The third-order valence-corrected chi connectivity index (χ3v) is 5.69. The Balaban J connectivity index is 1.92. The molecule has 1 saturated heterocycles. The molecule has 2 atom stereocenters. The number of methoxy groups -OCH3 is 1. The summed E-state index contributed by atoms with van der Waals surface area (Å²) in [6.07, 6.45) is 2.11. The zero-order valence-electron chi connectivity index (χ0n) is 16.7. The van der Waals surface area contributed by atoms with Gasteiger partial charge < -0.3 is 24.2 Å². The fourth-order valence-electron chi connectivity index (χ4n) is 4.17. The number of rotatable bonds is 4. The van der Waals surface area contributed by atoms with Gasteiger partial charge in [0.15, 0.2) is 5.79 Å². The van der Waals surface area contributed by atoms with Gasteiger partial charge in [-0.15, -0.1) is 0 Å². The average molecular weight is 363 g/mol. The summed E-state index contributed by atoms with van der Waals surface area (Å²) in [6.45, 7) is 6.41. The van der Waals surface area contributed by atoms with E-state index in [0.29, 0.717) is 19.6 Å². The monoisotopic (exact) mass is 363 g/mol. The van der Waals surface area contributed by atoms with Gasteiger partial charge in [0.25, 0.3) is 0 Å². The molecule has 0 radical (unpaired) electrons. The topological polar surface area (TPSA) is 51.2 Å². The maximum atomic E-state index is 11.9. The van der Waals surface area contributed by atoms with Crippen molar-refractivity contribution in [2.45, 2.75) is 44.5 Å². The van der Waals surface area contributed by atoms with E-state index in [2.05, 4.69) is 18.7 Å². The van der Waals surface area contributed by atoms with Crippen molar-refractivity contribution in [2.24, 2.45) is 11.3 Å². The summed E-state index contributed by atoms with van der Waals surface area (Å²) >= 11 is 0. The molecule has 0 amide bonds. The Morgan fingerprint density at radius 1 is 1.23 bits per heavy atom. The Kier molecular flexibility index (Phi) is 5.37. The summed E-state index contributed by atoms with van der Waals surface area (Å²) in [7, 11) is 5.75. The van der Waals surface area contributed by atoms with Crippen LogP contribution in [0.4, 0.5) is 0 Å². The number of hydrogen-bond acceptors (Lipinski definition) is 5. The predicted molar refractivity (Wildman–Crippen MR) is 101 cm³/mol. The van der Waals surface area contributed by atoms with Crippen molar-refractivity contribution >= 4 is 0 Å². The summed E-state index contributed by atoms with van der Waals surface area (Å²) in [4.78, 5) is 2.14. The zero-order chi connectivity index (χ0) is 19.0. The molecule has 26 heavy (non-hydrogen) atoms. The molecule has 1 aromatic carbocycles. The molecule has 2 aliphatic rings. The van der Waals surface area contributed by atoms with Crippen LogP contribution in [0.5, 0.6) is 5.75 Å². The minimum atomic E-state index is -1.02.